The Kier molecular flexibility index (Phi) is 5.20. The molecule has 1 amide bonds. The van der Waals surface area contributed by atoms with Crippen LogP contribution in [0, 0.1) is 0 Å². The van der Waals surface area contributed by atoms with Crippen molar-refractivity contribution in [2.24, 2.45) is 0 Å². The Morgan fingerprint density at radius 3 is 2.55 bits per heavy atom. The highest BCUT2D eigenvalue weighted by Crippen LogP contribution is 2.42. The average molecular weight is 392 g/mol. The van der Waals surface area contributed by atoms with Gasteiger partial charge in [-0.05, 0) is 44.0 Å². The summed E-state index contributed by atoms with van der Waals surface area (Å²) in [7, 11) is 3.21. The van der Waals surface area contributed by atoms with Gasteiger partial charge in [-0.25, -0.2) is 4.68 Å². The number of carbonyl (C=O) groups is 1. The Balaban J connectivity index is 1.60. The maximum Gasteiger partial charge on any atom is 0.274 e. The Morgan fingerprint density at radius 2 is 1.90 bits per heavy atom. The predicted octanol–water partition coefficient (Wildman–Crippen LogP) is 3.65. The van der Waals surface area contributed by atoms with Crippen LogP contribution >= 0.6 is 0 Å². The lowest BCUT2D eigenvalue weighted by Gasteiger charge is -2.18. The van der Waals surface area contributed by atoms with Crippen molar-refractivity contribution in [1.82, 2.24) is 20.3 Å². The van der Waals surface area contributed by atoms with Crippen molar-refractivity contribution in [3.8, 4) is 17.2 Å². The number of aromatic nitrogens is 3. The molecule has 0 unspecified atom stereocenters. The van der Waals surface area contributed by atoms with Crippen molar-refractivity contribution in [3.63, 3.8) is 0 Å². The molecule has 1 N–H and O–H groups in total. The summed E-state index contributed by atoms with van der Waals surface area (Å²) in [5.41, 5.74) is 3.04. The molecule has 1 heterocycles. The average Bonchev–Trinajstić information content (AvgIpc) is 3.51. The van der Waals surface area contributed by atoms with Gasteiger partial charge in [0.05, 0.1) is 31.6 Å². The van der Waals surface area contributed by atoms with E-state index in [1.807, 2.05) is 49.4 Å². The summed E-state index contributed by atoms with van der Waals surface area (Å²) < 4.78 is 12.5. The highest BCUT2D eigenvalue weighted by molar-refractivity contribution is 5.94. The lowest BCUT2D eigenvalue weighted by atomic mass is 10.1. The van der Waals surface area contributed by atoms with Gasteiger partial charge in [0.2, 0.25) is 0 Å². The number of nitrogens with zero attached hydrogens (tertiary/aromatic N) is 3. The van der Waals surface area contributed by atoms with Gasteiger partial charge in [0.1, 0.15) is 11.5 Å². The molecule has 4 rings (SSSR count). The van der Waals surface area contributed by atoms with E-state index < -0.39 is 0 Å². The predicted molar refractivity (Wildman–Crippen MR) is 109 cm³/mol. The Labute approximate surface area is 169 Å². The molecule has 1 aromatic heterocycles. The molecule has 3 aromatic rings. The first-order valence-corrected chi connectivity index (χ1v) is 9.66. The molecule has 0 bridgehead atoms. The maximum absolute atomic E-state index is 13.1. The Bertz CT molecular complexity index is 1010. The highest BCUT2D eigenvalue weighted by atomic mass is 16.5. The smallest absolute Gasteiger partial charge is 0.274 e. The maximum atomic E-state index is 13.1. The summed E-state index contributed by atoms with van der Waals surface area (Å²) in [4.78, 5) is 13.1. The fourth-order valence-corrected chi connectivity index (χ4v) is 3.45. The molecule has 1 aliphatic carbocycles. The number of methoxy groups -OCH3 is 2. The zero-order chi connectivity index (χ0) is 20.4. The van der Waals surface area contributed by atoms with Crippen molar-refractivity contribution in [1.29, 1.82) is 0 Å². The lowest BCUT2D eigenvalue weighted by molar-refractivity contribution is 0.0933. The van der Waals surface area contributed by atoms with E-state index in [0.717, 1.165) is 29.8 Å². The number of carbonyl (C=O) groups excluding carboxylic acids is 1. The molecule has 29 heavy (non-hydrogen) atoms. The van der Waals surface area contributed by atoms with E-state index in [0.29, 0.717) is 23.1 Å². The summed E-state index contributed by atoms with van der Waals surface area (Å²) >= 11 is 0. The second kappa shape index (κ2) is 7.95. The molecule has 1 aliphatic rings. The highest BCUT2D eigenvalue weighted by Gasteiger charge is 2.34. The minimum absolute atomic E-state index is 0.237. The standard InChI is InChI=1S/C22H24N4O3/c1-14(18-12-11-17(28-2)13-19(18)29-3)23-22(27)20-21(15-9-10-15)26(25-24-20)16-7-5-4-6-8-16/h4-8,11-15H,9-10H2,1-3H3,(H,23,27)/t14-/m0/s1. The first-order valence-electron chi connectivity index (χ1n) is 9.66. The van der Waals surface area contributed by atoms with Crippen LogP contribution < -0.4 is 14.8 Å². The second-order valence-corrected chi connectivity index (χ2v) is 7.15. The topological polar surface area (TPSA) is 78.3 Å². The Hall–Kier alpha value is -3.35. The van der Waals surface area contributed by atoms with Gasteiger partial charge in [-0.15, -0.1) is 5.10 Å². The van der Waals surface area contributed by atoms with Gasteiger partial charge in [0.25, 0.3) is 5.91 Å². The van der Waals surface area contributed by atoms with E-state index in [4.69, 9.17) is 9.47 Å². The number of nitrogens with one attached hydrogen (secondary N) is 1. The van der Waals surface area contributed by atoms with Crippen LogP contribution in [0.2, 0.25) is 0 Å². The van der Waals surface area contributed by atoms with E-state index in [2.05, 4.69) is 15.6 Å². The molecule has 0 spiro atoms. The van der Waals surface area contributed by atoms with Crippen LogP contribution in [0.4, 0.5) is 0 Å². The lowest BCUT2D eigenvalue weighted by Crippen LogP contribution is -2.28. The molecule has 1 fully saturated rings. The zero-order valence-corrected chi connectivity index (χ0v) is 16.8. The largest absolute Gasteiger partial charge is 0.497 e. The van der Waals surface area contributed by atoms with E-state index >= 15 is 0 Å². The number of amides is 1. The first kappa shape index (κ1) is 19.0. The summed E-state index contributed by atoms with van der Waals surface area (Å²) in [6, 6.07) is 15.1. The minimum atomic E-state index is -0.266. The van der Waals surface area contributed by atoms with Gasteiger partial charge in [-0.1, -0.05) is 23.4 Å². The molecule has 7 nitrogen and oxygen atoms in total. The van der Waals surface area contributed by atoms with Gasteiger partial charge >= 0.3 is 0 Å². The third-order valence-electron chi connectivity index (χ3n) is 5.14. The van der Waals surface area contributed by atoms with Crippen molar-refractivity contribution >= 4 is 5.91 Å². The molecule has 150 valence electrons. The van der Waals surface area contributed by atoms with Crippen LogP contribution in [0.1, 0.15) is 53.5 Å². The van der Waals surface area contributed by atoms with Crippen LogP contribution in [0.5, 0.6) is 11.5 Å². The van der Waals surface area contributed by atoms with Gasteiger partial charge in [-0.3, -0.25) is 4.79 Å². The number of hydrogen-bond donors (Lipinski definition) is 1. The van der Waals surface area contributed by atoms with E-state index in [1.165, 1.54) is 0 Å². The number of hydrogen-bond acceptors (Lipinski definition) is 5. The molecule has 0 saturated heterocycles. The summed E-state index contributed by atoms with van der Waals surface area (Å²) in [6.45, 7) is 1.92. The molecule has 1 saturated carbocycles. The summed E-state index contributed by atoms with van der Waals surface area (Å²) in [5.74, 6) is 1.44. The monoisotopic (exact) mass is 392 g/mol. The van der Waals surface area contributed by atoms with Crippen LogP contribution in [0.3, 0.4) is 0 Å². The molecular formula is C22H24N4O3. The molecule has 2 aromatic carbocycles. The first-order chi connectivity index (χ1) is 14.1. The third-order valence-corrected chi connectivity index (χ3v) is 5.14. The zero-order valence-electron chi connectivity index (χ0n) is 16.8. The van der Waals surface area contributed by atoms with Crippen LogP contribution in [0.15, 0.2) is 48.5 Å². The molecule has 0 aliphatic heterocycles. The van der Waals surface area contributed by atoms with Crippen LogP contribution in [-0.4, -0.2) is 35.1 Å². The quantitative estimate of drug-likeness (QED) is 0.664. The molecule has 7 heteroatoms. The number of ether oxygens (including phenoxy) is 2. The molecule has 1 atom stereocenters. The molecular weight excluding hydrogens is 368 g/mol. The SMILES string of the molecule is COc1ccc([C@H](C)NC(=O)c2nnn(-c3ccccc3)c2C2CC2)c(OC)c1. The van der Waals surface area contributed by atoms with Crippen molar-refractivity contribution < 1.29 is 14.3 Å². The van der Waals surface area contributed by atoms with Gasteiger partial charge in [0, 0.05) is 17.5 Å². The van der Waals surface area contributed by atoms with Crippen molar-refractivity contribution in [2.75, 3.05) is 14.2 Å². The normalized spacial score (nSPS) is 14.3. The second-order valence-electron chi connectivity index (χ2n) is 7.15. The number of para-hydroxylation sites is 1. The van der Waals surface area contributed by atoms with Crippen molar-refractivity contribution in [2.45, 2.75) is 31.7 Å². The van der Waals surface area contributed by atoms with E-state index in [1.54, 1.807) is 25.0 Å². The summed E-state index contributed by atoms with van der Waals surface area (Å²) in [5, 5.41) is 11.5. The van der Waals surface area contributed by atoms with E-state index in [-0.39, 0.29) is 11.9 Å². The Morgan fingerprint density at radius 1 is 1.14 bits per heavy atom. The van der Waals surface area contributed by atoms with Gasteiger partial charge in [-0.2, -0.15) is 0 Å². The number of rotatable bonds is 7. The van der Waals surface area contributed by atoms with Crippen molar-refractivity contribution in [3.05, 3.63) is 65.5 Å². The van der Waals surface area contributed by atoms with Crippen LogP contribution in [-0.2, 0) is 0 Å². The summed E-state index contributed by atoms with van der Waals surface area (Å²) in [6.07, 6.45) is 2.09. The van der Waals surface area contributed by atoms with Crippen LogP contribution in [0.25, 0.3) is 5.69 Å². The van der Waals surface area contributed by atoms with Gasteiger partial charge < -0.3 is 14.8 Å². The van der Waals surface area contributed by atoms with Gasteiger partial charge in [0.15, 0.2) is 5.69 Å². The minimum Gasteiger partial charge on any atom is -0.497 e. The fourth-order valence-electron chi connectivity index (χ4n) is 3.45. The van der Waals surface area contributed by atoms with E-state index in [9.17, 15) is 4.79 Å². The third kappa shape index (κ3) is 3.81. The number of benzene rings is 2. The fraction of sp³-hybridized carbons (Fsp3) is 0.318. The molecule has 0 radical (unpaired) electrons.